The number of benzene rings is 2. The molecule has 182 valence electrons. The number of hydrogen-bond donors (Lipinski definition) is 2. The van der Waals surface area contributed by atoms with Crippen LogP contribution in [0.5, 0.6) is 0 Å². The van der Waals surface area contributed by atoms with Crippen LogP contribution >= 0.6 is 0 Å². The smallest absolute Gasteiger partial charge is 0.225 e. The molecule has 1 aliphatic rings. The van der Waals surface area contributed by atoms with Crippen molar-refractivity contribution in [2.75, 3.05) is 48.8 Å². The first-order chi connectivity index (χ1) is 16.6. The van der Waals surface area contributed by atoms with Crippen LogP contribution in [-0.4, -0.2) is 49.7 Å². The van der Waals surface area contributed by atoms with Gasteiger partial charge in [-0.15, -0.1) is 0 Å². The standard InChI is InChI=1S/C28H40N6/c1-5-34(6-2)24-17-13-22(14-18-24)20-29-19-21-11-15-23(16-12-21)30-28-31-26-10-8-7-9-25(26)27(32-28)33(3)4/h7-10,13-14,17-18,21,23,29H,5-6,11-12,15-16,19-20H2,1-4H3,(H,30,31,32). The molecule has 34 heavy (non-hydrogen) atoms. The van der Waals surface area contributed by atoms with Crippen LogP contribution in [0, 0.1) is 5.92 Å². The van der Waals surface area contributed by atoms with Gasteiger partial charge in [-0.05, 0) is 81.8 Å². The molecule has 0 atom stereocenters. The van der Waals surface area contributed by atoms with Gasteiger partial charge in [0.05, 0.1) is 5.52 Å². The fraction of sp³-hybridized carbons (Fsp3) is 0.500. The molecule has 1 saturated carbocycles. The van der Waals surface area contributed by atoms with Crippen LogP contribution in [0.4, 0.5) is 17.5 Å². The lowest BCUT2D eigenvalue weighted by Gasteiger charge is -2.29. The molecule has 1 aliphatic carbocycles. The van der Waals surface area contributed by atoms with E-state index in [0.29, 0.717) is 6.04 Å². The van der Waals surface area contributed by atoms with E-state index < -0.39 is 0 Å². The second kappa shape index (κ2) is 11.5. The number of nitrogens with zero attached hydrogens (tertiary/aromatic N) is 4. The van der Waals surface area contributed by atoms with Gasteiger partial charge >= 0.3 is 0 Å². The molecule has 0 unspecified atom stereocenters. The van der Waals surface area contributed by atoms with Crippen LogP contribution in [0.2, 0.25) is 0 Å². The van der Waals surface area contributed by atoms with Crippen LogP contribution in [0.15, 0.2) is 48.5 Å². The molecule has 2 aromatic carbocycles. The minimum absolute atomic E-state index is 0.444. The van der Waals surface area contributed by atoms with Gasteiger partial charge in [0.25, 0.3) is 0 Å². The monoisotopic (exact) mass is 460 g/mol. The summed E-state index contributed by atoms with van der Waals surface area (Å²) in [4.78, 5) is 14.0. The van der Waals surface area contributed by atoms with Gasteiger partial charge in [-0.3, -0.25) is 0 Å². The minimum atomic E-state index is 0.444. The molecule has 1 aromatic heterocycles. The number of nitrogens with one attached hydrogen (secondary N) is 2. The normalized spacial score (nSPS) is 18.1. The molecule has 0 aliphatic heterocycles. The zero-order valence-corrected chi connectivity index (χ0v) is 21.2. The Bertz CT molecular complexity index is 1040. The van der Waals surface area contributed by atoms with E-state index in [4.69, 9.17) is 9.97 Å². The summed E-state index contributed by atoms with van der Waals surface area (Å²) in [5, 5.41) is 8.40. The average Bonchev–Trinajstić information content (AvgIpc) is 2.86. The first-order valence-electron chi connectivity index (χ1n) is 12.8. The molecule has 1 heterocycles. The van der Waals surface area contributed by atoms with E-state index in [-0.39, 0.29) is 0 Å². The van der Waals surface area contributed by atoms with E-state index in [0.717, 1.165) is 54.8 Å². The Labute approximate surface area is 204 Å². The van der Waals surface area contributed by atoms with Crippen LogP contribution in [0.25, 0.3) is 10.9 Å². The van der Waals surface area contributed by atoms with Gasteiger partial charge in [-0.2, -0.15) is 4.98 Å². The average molecular weight is 461 g/mol. The molecule has 1 fully saturated rings. The lowest BCUT2D eigenvalue weighted by Crippen LogP contribution is -2.31. The maximum atomic E-state index is 4.81. The molecule has 0 amide bonds. The van der Waals surface area contributed by atoms with E-state index in [1.807, 2.05) is 26.2 Å². The highest BCUT2D eigenvalue weighted by molar-refractivity contribution is 5.90. The van der Waals surface area contributed by atoms with Gasteiger partial charge in [-0.25, -0.2) is 4.98 Å². The molecular formula is C28H40N6. The second-order valence-corrected chi connectivity index (χ2v) is 9.61. The van der Waals surface area contributed by atoms with E-state index in [1.165, 1.54) is 36.9 Å². The number of aromatic nitrogens is 2. The van der Waals surface area contributed by atoms with Crippen LogP contribution in [0.3, 0.4) is 0 Å². The highest BCUT2D eigenvalue weighted by atomic mass is 15.2. The molecule has 4 rings (SSSR count). The summed E-state index contributed by atoms with van der Waals surface area (Å²) in [5.74, 6) is 2.45. The third-order valence-electron chi connectivity index (χ3n) is 7.01. The number of hydrogen-bond acceptors (Lipinski definition) is 6. The van der Waals surface area contributed by atoms with Crippen molar-refractivity contribution in [1.29, 1.82) is 0 Å². The highest BCUT2D eigenvalue weighted by Gasteiger charge is 2.22. The largest absolute Gasteiger partial charge is 0.372 e. The van der Waals surface area contributed by atoms with Crippen molar-refractivity contribution in [3.8, 4) is 0 Å². The molecule has 6 heteroatoms. The fourth-order valence-corrected chi connectivity index (χ4v) is 4.99. The minimum Gasteiger partial charge on any atom is -0.372 e. The van der Waals surface area contributed by atoms with E-state index in [2.05, 4.69) is 70.7 Å². The summed E-state index contributed by atoms with van der Waals surface area (Å²) in [6.45, 7) is 8.54. The molecule has 6 nitrogen and oxygen atoms in total. The van der Waals surface area contributed by atoms with Crippen molar-refractivity contribution in [3.05, 3.63) is 54.1 Å². The molecule has 0 bridgehead atoms. The molecule has 3 aromatic rings. The van der Waals surface area contributed by atoms with Gasteiger partial charge in [0, 0.05) is 50.8 Å². The van der Waals surface area contributed by atoms with Crippen LogP contribution in [-0.2, 0) is 6.54 Å². The van der Waals surface area contributed by atoms with Gasteiger partial charge < -0.3 is 20.4 Å². The molecule has 0 spiro atoms. The highest BCUT2D eigenvalue weighted by Crippen LogP contribution is 2.28. The Morgan fingerprint density at radius 2 is 1.59 bits per heavy atom. The predicted octanol–water partition coefficient (Wildman–Crippen LogP) is 5.30. The van der Waals surface area contributed by atoms with Gasteiger partial charge in [0.2, 0.25) is 5.95 Å². The summed E-state index contributed by atoms with van der Waals surface area (Å²) >= 11 is 0. The van der Waals surface area contributed by atoms with E-state index in [9.17, 15) is 0 Å². The lowest BCUT2D eigenvalue weighted by atomic mass is 9.86. The summed E-state index contributed by atoms with van der Waals surface area (Å²) in [7, 11) is 4.08. The van der Waals surface area contributed by atoms with Crippen molar-refractivity contribution < 1.29 is 0 Å². The molecule has 0 saturated heterocycles. The molecular weight excluding hydrogens is 420 g/mol. The van der Waals surface area contributed by atoms with E-state index >= 15 is 0 Å². The van der Waals surface area contributed by atoms with Gasteiger partial charge in [0.1, 0.15) is 5.82 Å². The SMILES string of the molecule is CCN(CC)c1ccc(CNCC2CCC(Nc3nc(N(C)C)c4ccccc4n3)CC2)cc1. The maximum Gasteiger partial charge on any atom is 0.225 e. The first-order valence-corrected chi connectivity index (χ1v) is 12.8. The van der Waals surface area contributed by atoms with Crippen LogP contribution in [0.1, 0.15) is 45.1 Å². The van der Waals surface area contributed by atoms with Crippen molar-refractivity contribution in [2.24, 2.45) is 5.92 Å². The Balaban J connectivity index is 1.24. The van der Waals surface area contributed by atoms with Crippen LogP contribution < -0.4 is 20.4 Å². The predicted molar refractivity (Wildman–Crippen MR) is 145 cm³/mol. The van der Waals surface area contributed by atoms with Gasteiger partial charge in [0.15, 0.2) is 0 Å². The zero-order chi connectivity index (χ0) is 23.9. The Morgan fingerprint density at radius 1 is 0.882 bits per heavy atom. The zero-order valence-electron chi connectivity index (χ0n) is 21.2. The van der Waals surface area contributed by atoms with E-state index in [1.54, 1.807) is 0 Å². The second-order valence-electron chi connectivity index (χ2n) is 9.61. The van der Waals surface area contributed by atoms with Crippen molar-refractivity contribution >= 4 is 28.4 Å². The number of anilines is 3. The topological polar surface area (TPSA) is 56.3 Å². The molecule has 0 radical (unpaired) electrons. The third kappa shape index (κ3) is 5.98. The summed E-state index contributed by atoms with van der Waals surface area (Å²) in [6.07, 6.45) is 4.80. The van der Waals surface area contributed by atoms with Crippen molar-refractivity contribution in [1.82, 2.24) is 15.3 Å². The number of fused-ring (bicyclic) bond motifs is 1. The summed E-state index contributed by atoms with van der Waals surface area (Å²) < 4.78 is 0. The Hall–Kier alpha value is -2.86. The summed E-state index contributed by atoms with van der Waals surface area (Å²) in [5.41, 5.74) is 3.66. The first kappa shape index (κ1) is 24.3. The van der Waals surface area contributed by atoms with Gasteiger partial charge in [-0.1, -0.05) is 24.3 Å². The Morgan fingerprint density at radius 3 is 2.26 bits per heavy atom. The van der Waals surface area contributed by atoms with Crippen molar-refractivity contribution in [3.63, 3.8) is 0 Å². The summed E-state index contributed by atoms with van der Waals surface area (Å²) in [6, 6.07) is 17.7. The fourth-order valence-electron chi connectivity index (χ4n) is 4.99. The Kier molecular flexibility index (Phi) is 8.22. The maximum absolute atomic E-state index is 4.81. The quantitative estimate of drug-likeness (QED) is 0.428. The van der Waals surface area contributed by atoms with Crippen molar-refractivity contribution in [2.45, 2.75) is 52.1 Å². The number of rotatable bonds is 10. The number of para-hydroxylation sites is 1. The lowest BCUT2D eigenvalue weighted by molar-refractivity contribution is 0.324. The third-order valence-corrected chi connectivity index (χ3v) is 7.01. The molecule has 2 N–H and O–H groups in total.